The van der Waals surface area contributed by atoms with Gasteiger partial charge < -0.3 is 9.84 Å². The third-order valence-electron chi connectivity index (χ3n) is 2.87. The number of azo groups is 1. The second kappa shape index (κ2) is 8.97. The van der Waals surface area contributed by atoms with Crippen LogP contribution in [-0.4, -0.2) is 36.6 Å². The monoisotopic (exact) mass is 292 g/mol. The van der Waals surface area contributed by atoms with Crippen molar-refractivity contribution in [2.45, 2.75) is 20.3 Å². The highest BCUT2D eigenvalue weighted by molar-refractivity contribution is 5.99. The number of aliphatic hydroxyl groups excluding tert-OH is 1. The molecule has 0 heterocycles. The molecule has 6 nitrogen and oxygen atoms in total. The summed E-state index contributed by atoms with van der Waals surface area (Å²) < 4.78 is 4.77. The van der Waals surface area contributed by atoms with Crippen LogP contribution < -0.4 is 0 Å². The van der Waals surface area contributed by atoms with Gasteiger partial charge in [-0.15, -0.1) is 0 Å². The summed E-state index contributed by atoms with van der Waals surface area (Å²) in [6.45, 7) is 3.38. The highest BCUT2D eigenvalue weighted by atomic mass is 16.5. The second-order valence-corrected chi connectivity index (χ2v) is 4.48. The van der Waals surface area contributed by atoms with Gasteiger partial charge in [0, 0.05) is 6.61 Å². The van der Waals surface area contributed by atoms with Crippen LogP contribution >= 0.6 is 0 Å². The number of hydrogen-bond acceptors (Lipinski definition) is 6. The number of benzene rings is 1. The molecule has 0 bridgehead atoms. The molecule has 21 heavy (non-hydrogen) atoms. The Morgan fingerprint density at radius 3 is 2.52 bits per heavy atom. The molecule has 0 aromatic heterocycles. The fraction of sp³-hybridized carbons (Fsp3) is 0.467. The molecule has 0 spiro atoms. The molecule has 0 amide bonds. The number of carbonyl (C=O) groups excluding carboxylic acids is 2. The molecule has 0 aliphatic carbocycles. The lowest BCUT2D eigenvalue weighted by Gasteiger charge is -2.07. The van der Waals surface area contributed by atoms with Crippen molar-refractivity contribution in [2.24, 2.45) is 16.1 Å². The van der Waals surface area contributed by atoms with E-state index in [2.05, 4.69) is 10.2 Å². The van der Waals surface area contributed by atoms with E-state index < -0.39 is 11.9 Å². The summed E-state index contributed by atoms with van der Waals surface area (Å²) in [5, 5.41) is 16.5. The predicted molar refractivity (Wildman–Crippen MR) is 77.4 cm³/mol. The lowest BCUT2D eigenvalue weighted by molar-refractivity contribution is -0.150. The Morgan fingerprint density at radius 2 is 1.95 bits per heavy atom. The van der Waals surface area contributed by atoms with Crippen LogP contribution in [0.15, 0.2) is 34.5 Å². The van der Waals surface area contributed by atoms with Gasteiger partial charge in [0.15, 0.2) is 5.78 Å². The van der Waals surface area contributed by atoms with Crippen molar-refractivity contribution in [3.8, 4) is 0 Å². The summed E-state index contributed by atoms with van der Waals surface area (Å²) in [6, 6.07) is 7.20. The zero-order valence-electron chi connectivity index (χ0n) is 12.3. The topological polar surface area (TPSA) is 88.3 Å². The van der Waals surface area contributed by atoms with Gasteiger partial charge in [-0.05, 0) is 38.0 Å². The number of hydrogen-bond donors (Lipinski definition) is 1. The first-order chi connectivity index (χ1) is 10.1. The molecule has 0 aliphatic heterocycles. The minimum Gasteiger partial charge on any atom is -0.465 e. The van der Waals surface area contributed by atoms with Crippen molar-refractivity contribution < 1.29 is 19.4 Å². The molecule has 114 valence electrons. The molecular weight excluding hydrogens is 272 g/mol. The largest absolute Gasteiger partial charge is 0.465 e. The summed E-state index contributed by atoms with van der Waals surface area (Å²) in [6.07, 6.45) is 0.590. The van der Waals surface area contributed by atoms with Crippen LogP contribution in [0.5, 0.6) is 0 Å². The van der Waals surface area contributed by atoms with Crippen LogP contribution in [-0.2, 0) is 20.7 Å². The van der Waals surface area contributed by atoms with Crippen LogP contribution in [0.25, 0.3) is 0 Å². The lowest BCUT2D eigenvalue weighted by Crippen LogP contribution is -2.25. The average Bonchev–Trinajstić information content (AvgIpc) is 2.48. The standard InChI is InChI=1S/C15H20N2O4/c1-3-21-15(20)11(2)14(19)10-16-17-13-6-4-12(5-7-13)8-9-18/h4-7,11,18H,3,8-10H2,1-2H3. The average molecular weight is 292 g/mol. The number of aliphatic hydroxyl groups is 1. The summed E-state index contributed by atoms with van der Waals surface area (Å²) in [5.74, 6) is -1.68. The fourth-order valence-corrected chi connectivity index (χ4v) is 1.58. The van der Waals surface area contributed by atoms with Crippen molar-refractivity contribution >= 4 is 17.4 Å². The van der Waals surface area contributed by atoms with E-state index in [9.17, 15) is 9.59 Å². The van der Waals surface area contributed by atoms with Crippen molar-refractivity contribution in [2.75, 3.05) is 19.8 Å². The Kier molecular flexibility index (Phi) is 7.25. The van der Waals surface area contributed by atoms with Gasteiger partial charge in [0.25, 0.3) is 0 Å². The first-order valence-corrected chi connectivity index (χ1v) is 6.85. The number of nitrogens with zero attached hydrogens (tertiary/aromatic N) is 2. The smallest absolute Gasteiger partial charge is 0.316 e. The van der Waals surface area contributed by atoms with Crippen molar-refractivity contribution in [3.05, 3.63) is 29.8 Å². The van der Waals surface area contributed by atoms with Crippen LogP contribution in [0.1, 0.15) is 19.4 Å². The van der Waals surface area contributed by atoms with Gasteiger partial charge in [0.05, 0.1) is 12.3 Å². The summed E-state index contributed by atoms with van der Waals surface area (Å²) in [4.78, 5) is 23.1. The zero-order valence-corrected chi connectivity index (χ0v) is 12.3. The molecule has 0 fully saturated rings. The first-order valence-electron chi connectivity index (χ1n) is 6.85. The number of carbonyl (C=O) groups is 2. The molecule has 1 aromatic rings. The third-order valence-corrected chi connectivity index (χ3v) is 2.87. The van der Waals surface area contributed by atoms with E-state index in [1.165, 1.54) is 6.92 Å². The maximum atomic E-state index is 11.7. The van der Waals surface area contributed by atoms with E-state index in [1.54, 1.807) is 19.1 Å². The Labute approximate surface area is 123 Å². The molecule has 0 aliphatic rings. The number of rotatable bonds is 8. The molecule has 0 saturated heterocycles. The Balaban J connectivity index is 2.50. The maximum Gasteiger partial charge on any atom is 0.316 e. The minimum absolute atomic E-state index is 0.0983. The minimum atomic E-state index is -0.823. The first kappa shape index (κ1) is 17.0. The molecule has 6 heteroatoms. The van der Waals surface area contributed by atoms with Gasteiger partial charge in [0.2, 0.25) is 0 Å². The molecule has 1 unspecified atom stereocenters. The fourth-order valence-electron chi connectivity index (χ4n) is 1.58. The molecular formula is C15H20N2O4. The Morgan fingerprint density at radius 1 is 1.29 bits per heavy atom. The number of ketones is 1. The maximum absolute atomic E-state index is 11.7. The Hall–Kier alpha value is -2.08. The van der Waals surface area contributed by atoms with Gasteiger partial charge in [-0.3, -0.25) is 9.59 Å². The van der Waals surface area contributed by atoms with Crippen molar-refractivity contribution in [1.82, 2.24) is 0 Å². The molecule has 0 saturated carbocycles. The number of esters is 1. The van der Waals surface area contributed by atoms with Gasteiger partial charge in [0.1, 0.15) is 12.5 Å². The third kappa shape index (κ3) is 5.83. The van der Waals surface area contributed by atoms with Crippen molar-refractivity contribution in [3.63, 3.8) is 0 Å². The normalized spacial score (nSPS) is 12.3. The molecule has 1 atom stereocenters. The molecule has 0 radical (unpaired) electrons. The number of Topliss-reactive ketones (excluding diaryl/α,β-unsaturated/α-hetero) is 1. The predicted octanol–water partition coefficient (Wildman–Crippen LogP) is 2.07. The van der Waals surface area contributed by atoms with Gasteiger partial charge >= 0.3 is 5.97 Å². The van der Waals surface area contributed by atoms with E-state index in [-0.39, 0.29) is 25.5 Å². The van der Waals surface area contributed by atoms with Gasteiger partial charge in [-0.1, -0.05) is 12.1 Å². The van der Waals surface area contributed by atoms with Gasteiger partial charge in [-0.25, -0.2) is 0 Å². The van der Waals surface area contributed by atoms with E-state index in [1.807, 2.05) is 12.1 Å². The second-order valence-electron chi connectivity index (χ2n) is 4.48. The van der Waals surface area contributed by atoms with Crippen LogP contribution in [0.4, 0.5) is 5.69 Å². The van der Waals surface area contributed by atoms with Crippen LogP contribution in [0, 0.1) is 5.92 Å². The number of ether oxygens (including phenoxy) is 1. The zero-order chi connectivity index (χ0) is 15.7. The quantitative estimate of drug-likeness (QED) is 0.451. The molecule has 1 N–H and O–H groups in total. The van der Waals surface area contributed by atoms with E-state index in [0.29, 0.717) is 12.1 Å². The van der Waals surface area contributed by atoms with Crippen LogP contribution in [0.3, 0.4) is 0 Å². The van der Waals surface area contributed by atoms with E-state index >= 15 is 0 Å². The summed E-state index contributed by atoms with van der Waals surface area (Å²) in [5.41, 5.74) is 1.62. The van der Waals surface area contributed by atoms with Crippen molar-refractivity contribution in [1.29, 1.82) is 0 Å². The molecule has 1 rings (SSSR count). The lowest BCUT2D eigenvalue weighted by atomic mass is 10.1. The van der Waals surface area contributed by atoms with Crippen LogP contribution in [0.2, 0.25) is 0 Å². The van der Waals surface area contributed by atoms with E-state index in [0.717, 1.165) is 5.56 Å². The van der Waals surface area contributed by atoms with E-state index in [4.69, 9.17) is 9.84 Å². The highest BCUT2D eigenvalue weighted by Gasteiger charge is 2.21. The highest BCUT2D eigenvalue weighted by Crippen LogP contribution is 2.14. The molecule has 1 aromatic carbocycles. The summed E-state index contributed by atoms with van der Waals surface area (Å²) >= 11 is 0. The SMILES string of the molecule is CCOC(=O)C(C)C(=O)CN=Nc1ccc(CCO)cc1. The van der Waals surface area contributed by atoms with Gasteiger partial charge in [-0.2, -0.15) is 10.2 Å². The Bertz CT molecular complexity index is 497. The summed E-state index contributed by atoms with van der Waals surface area (Å²) in [7, 11) is 0.